The molecule has 2 rings (SSSR count). The first kappa shape index (κ1) is 14.8. The van der Waals surface area contributed by atoms with E-state index in [9.17, 15) is 9.59 Å². The van der Waals surface area contributed by atoms with Crippen LogP contribution in [0.3, 0.4) is 0 Å². The Balaban J connectivity index is 1.82. The van der Waals surface area contributed by atoms with Crippen LogP contribution in [0.15, 0.2) is 5.16 Å². The number of hydrogen-bond acceptors (Lipinski definition) is 6. The number of aromatic nitrogens is 4. The molecule has 2 N–H and O–H groups in total. The fourth-order valence-corrected chi connectivity index (χ4v) is 2.50. The van der Waals surface area contributed by atoms with Gasteiger partial charge < -0.3 is 10.4 Å². The van der Waals surface area contributed by atoms with Gasteiger partial charge in [0.15, 0.2) is 0 Å². The summed E-state index contributed by atoms with van der Waals surface area (Å²) in [5.74, 6) is -1.21. The van der Waals surface area contributed by atoms with Gasteiger partial charge in [-0.05, 0) is 29.7 Å². The van der Waals surface area contributed by atoms with Crippen molar-refractivity contribution >= 4 is 23.6 Å². The summed E-state index contributed by atoms with van der Waals surface area (Å²) in [7, 11) is 0. The molecule has 1 amide bonds. The van der Waals surface area contributed by atoms with Crippen LogP contribution in [0.25, 0.3) is 0 Å². The molecule has 0 aromatic carbocycles. The van der Waals surface area contributed by atoms with E-state index in [-0.39, 0.29) is 11.7 Å². The van der Waals surface area contributed by atoms with Crippen LogP contribution in [-0.2, 0) is 9.59 Å². The average molecular weight is 299 g/mol. The van der Waals surface area contributed by atoms with Gasteiger partial charge in [0.05, 0.1) is 11.8 Å². The second-order valence-electron chi connectivity index (χ2n) is 4.67. The largest absolute Gasteiger partial charge is 0.480 e. The first-order valence-electron chi connectivity index (χ1n) is 6.54. The third-order valence-corrected chi connectivity index (χ3v) is 3.83. The topological polar surface area (TPSA) is 110 Å². The zero-order valence-electron chi connectivity index (χ0n) is 11.2. The SMILES string of the molecule is CCC[C@@H](NC(=O)CSc1nnnn1C1CC1)C(=O)O. The normalized spacial score (nSPS) is 15.8. The molecule has 1 aromatic rings. The third-order valence-electron chi connectivity index (χ3n) is 2.90. The number of nitrogens with one attached hydrogen (secondary N) is 1. The zero-order valence-corrected chi connectivity index (χ0v) is 12.0. The van der Waals surface area contributed by atoms with Crippen LogP contribution in [0.2, 0.25) is 0 Å². The molecule has 1 atom stereocenters. The molecule has 1 saturated carbocycles. The fourth-order valence-electron chi connectivity index (χ4n) is 1.74. The summed E-state index contributed by atoms with van der Waals surface area (Å²) in [4.78, 5) is 22.7. The molecule has 0 radical (unpaired) electrons. The highest BCUT2D eigenvalue weighted by molar-refractivity contribution is 7.99. The zero-order chi connectivity index (χ0) is 14.5. The second kappa shape index (κ2) is 6.69. The van der Waals surface area contributed by atoms with Gasteiger partial charge in [-0.2, -0.15) is 0 Å². The van der Waals surface area contributed by atoms with E-state index in [1.54, 1.807) is 4.68 Å². The lowest BCUT2D eigenvalue weighted by Gasteiger charge is -2.13. The number of carboxylic acids is 1. The molecule has 1 aromatic heterocycles. The van der Waals surface area contributed by atoms with Crippen molar-refractivity contribution in [1.82, 2.24) is 25.5 Å². The van der Waals surface area contributed by atoms with Gasteiger partial charge in [0.2, 0.25) is 11.1 Å². The lowest BCUT2D eigenvalue weighted by Crippen LogP contribution is -2.41. The Kier molecular flexibility index (Phi) is 4.94. The Bertz CT molecular complexity index is 488. The molecule has 1 fully saturated rings. The first-order chi connectivity index (χ1) is 9.61. The molecule has 110 valence electrons. The summed E-state index contributed by atoms with van der Waals surface area (Å²) in [6.45, 7) is 1.88. The van der Waals surface area contributed by atoms with Gasteiger partial charge >= 0.3 is 5.97 Å². The molecule has 1 heterocycles. The van der Waals surface area contributed by atoms with Crippen molar-refractivity contribution in [2.24, 2.45) is 0 Å². The molecule has 1 aliphatic carbocycles. The molecule has 0 aliphatic heterocycles. The summed E-state index contributed by atoms with van der Waals surface area (Å²) in [6, 6.07) is -0.477. The molecule has 0 spiro atoms. The van der Waals surface area contributed by atoms with Crippen LogP contribution in [0, 0.1) is 0 Å². The average Bonchev–Trinajstić information content (AvgIpc) is 3.14. The van der Waals surface area contributed by atoms with Crippen LogP contribution < -0.4 is 5.32 Å². The van der Waals surface area contributed by atoms with Crippen molar-refractivity contribution in [2.75, 3.05) is 5.75 Å². The van der Waals surface area contributed by atoms with Crippen molar-refractivity contribution in [3.05, 3.63) is 0 Å². The lowest BCUT2D eigenvalue weighted by atomic mass is 10.2. The van der Waals surface area contributed by atoms with E-state index in [4.69, 9.17) is 5.11 Å². The Morgan fingerprint density at radius 3 is 2.90 bits per heavy atom. The second-order valence-corrected chi connectivity index (χ2v) is 5.62. The Morgan fingerprint density at radius 2 is 2.30 bits per heavy atom. The standard InChI is InChI=1S/C11H17N5O3S/c1-2-3-8(10(18)19)12-9(17)6-20-11-13-14-15-16(11)7-4-5-7/h7-8H,2-6H2,1H3,(H,12,17)(H,18,19)/t8-/m1/s1. The van der Waals surface area contributed by atoms with Crippen LogP contribution in [0.4, 0.5) is 0 Å². The van der Waals surface area contributed by atoms with Crippen molar-refractivity contribution in [2.45, 2.75) is 49.8 Å². The predicted molar refractivity (Wildman–Crippen MR) is 71.3 cm³/mol. The summed E-state index contributed by atoms with van der Waals surface area (Å²) in [6.07, 6.45) is 3.24. The van der Waals surface area contributed by atoms with Crippen molar-refractivity contribution in [3.63, 3.8) is 0 Å². The first-order valence-corrected chi connectivity index (χ1v) is 7.53. The molecular formula is C11H17N5O3S. The minimum absolute atomic E-state index is 0.112. The van der Waals surface area contributed by atoms with Crippen molar-refractivity contribution in [1.29, 1.82) is 0 Å². The van der Waals surface area contributed by atoms with E-state index >= 15 is 0 Å². The van der Waals surface area contributed by atoms with Gasteiger partial charge in [-0.1, -0.05) is 25.1 Å². The lowest BCUT2D eigenvalue weighted by molar-refractivity contribution is -0.141. The minimum atomic E-state index is -1.01. The van der Waals surface area contributed by atoms with Crippen LogP contribution in [0.5, 0.6) is 0 Å². The molecule has 20 heavy (non-hydrogen) atoms. The monoisotopic (exact) mass is 299 g/mol. The maximum atomic E-state index is 11.8. The highest BCUT2D eigenvalue weighted by Crippen LogP contribution is 2.36. The van der Waals surface area contributed by atoms with Gasteiger partial charge in [-0.25, -0.2) is 9.48 Å². The number of carbonyl (C=O) groups excluding carboxylic acids is 1. The van der Waals surface area contributed by atoms with Gasteiger partial charge in [0.25, 0.3) is 0 Å². The highest BCUT2D eigenvalue weighted by atomic mass is 32.2. The van der Waals surface area contributed by atoms with Gasteiger partial charge in [0, 0.05) is 0 Å². The van der Waals surface area contributed by atoms with E-state index in [0.717, 1.165) is 12.8 Å². The number of nitrogens with zero attached hydrogens (tertiary/aromatic N) is 4. The number of hydrogen-bond donors (Lipinski definition) is 2. The molecule has 0 saturated heterocycles. The van der Waals surface area contributed by atoms with E-state index in [1.807, 2.05) is 6.92 Å². The molecule has 8 nitrogen and oxygen atoms in total. The Morgan fingerprint density at radius 1 is 1.55 bits per heavy atom. The third kappa shape index (κ3) is 3.92. The number of thioether (sulfide) groups is 1. The molecule has 1 aliphatic rings. The molecule has 0 unspecified atom stereocenters. The summed E-state index contributed by atoms with van der Waals surface area (Å²) in [5, 5.41) is 23.4. The number of carbonyl (C=O) groups is 2. The Labute approximate surface area is 120 Å². The molecular weight excluding hydrogens is 282 g/mol. The number of carboxylic acid groups (broad SMARTS) is 1. The predicted octanol–water partition coefficient (Wildman–Crippen LogP) is 0.470. The van der Waals surface area contributed by atoms with Gasteiger partial charge in [-0.3, -0.25) is 4.79 Å². The van der Waals surface area contributed by atoms with E-state index in [2.05, 4.69) is 20.8 Å². The fraction of sp³-hybridized carbons (Fsp3) is 0.727. The summed E-state index contributed by atoms with van der Waals surface area (Å²) < 4.78 is 1.72. The summed E-state index contributed by atoms with van der Waals surface area (Å²) >= 11 is 1.22. The Hall–Kier alpha value is -1.64. The van der Waals surface area contributed by atoms with Crippen LogP contribution in [0.1, 0.15) is 38.6 Å². The number of rotatable bonds is 8. The number of amides is 1. The number of tetrazole rings is 1. The van der Waals surface area contributed by atoms with Crippen LogP contribution in [-0.4, -0.2) is 49.0 Å². The maximum Gasteiger partial charge on any atom is 0.326 e. The summed E-state index contributed by atoms with van der Waals surface area (Å²) in [5.41, 5.74) is 0. The van der Waals surface area contributed by atoms with E-state index < -0.39 is 12.0 Å². The van der Waals surface area contributed by atoms with E-state index in [0.29, 0.717) is 24.0 Å². The van der Waals surface area contributed by atoms with Gasteiger partial charge in [-0.15, -0.1) is 5.10 Å². The van der Waals surface area contributed by atoms with Gasteiger partial charge in [0.1, 0.15) is 6.04 Å². The van der Waals surface area contributed by atoms with Crippen molar-refractivity contribution in [3.8, 4) is 0 Å². The highest BCUT2D eigenvalue weighted by Gasteiger charge is 2.28. The molecule has 0 bridgehead atoms. The maximum absolute atomic E-state index is 11.8. The minimum Gasteiger partial charge on any atom is -0.480 e. The van der Waals surface area contributed by atoms with Crippen molar-refractivity contribution < 1.29 is 14.7 Å². The van der Waals surface area contributed by atoms with E-state index in [1.165, 1.54) is 11.8 Å². The molecule has 9 heteroatoms. The number of aliphatic carboxylic acids is 1. The quantitative estimate of drug-likeness (QED) is 0.671. The van der Waals surface area contributed by atoms with Crippen LogP contribution >= 0.6 is 11.8 Å². The smallest absolute Gasteiger partial charge is 0.326 e.